The Morgan fingerprint density at radius 3 is 2.39 bits per heavy atom. The van der Waals surface area contributed by atoms with E-state index in [1.165, 1.54) is 21.0 Å². The van der Waals surface area contributed by atoms with Crippen molar-refractivity contribution in [1.82, 2.24) is 0 Å². The Balaban J connectivity index is 2.28. The van der Waals surface area contributed by atoms with Crippen molar-refractivity contribution >= 4 is 23.6 Å². The van der Waals surface area contributed by atoms with Crippen molar-refractivity contribution in [3.63, 3.8) is 0 Å². The molecule has 1 aromatic rings. The van der Waals surface area contributed by atoms with Crippen LogP contribution in [-0.2, 0) is 23.8 Å². The van der Waals surface area contributed by atoms with Gasteiger partial charge in [0, 0.05) is 20.0 Å². The minimum atomic E-state index is -1.30. The normalized spacial score (nSPS) is 16.3. The predicted octanol–water partition coefficient (Wildman–Crippen LogP) is 1.91. The van der Waals surface area contributed by atoms with E-state index >= 15 is 0 Å². The maximum atomic E-state index is 11.8. The minimum absolute atomic E-state index is 0.280. The lowest BCUT2D eigenvalue weighted by Crippen LogP contribution is -2.42. The second kappa shape index (κ2) is 6.12. The molecule has 1 saturated heterocycles. The van der Waals surface area contributed by atoms with Gasteiger partial charge in [-0.3, -0.25) is 0 Å². The fourth-order valence-electron chi connectivity index (χ4n) is 1.99. The maximum absolute atomic E-state index is 11.8. The number of anilines is 1. The number of rotatable bonds is 3. The van der Waals surface area contributed by atoms with E-state index in [0.717, 1.165) is 11.8 Å². The van der Waals surface area contributed by atoms with Crippen molar-refractivity contribution in [3.05, 3.63) is 41.1 Å². The molecule has 0 spiro atoms. The molecule has 0 bridgehead atoms. The van der Waals surface area contributed by atoms with Crippen LogP contribution in [0.4, 0.5) is 5.69 Å². The van der Waals surface area contributed by atoms with Crippen LogP contribution in [0.3, 0.4) is 0 Å². The van der Waals surface area contributed by atoms with Crippen LogP contribution in [0.15, 0.2) is 30.0 Å². The average molecular weight is 319 g/mol. The van der Waals surface area contributed by atoms with Gasteiger partial charge in [-0.05, 0) is 19.1 Å². The summed E-state index contributed by atoms with van der Waals surface area (Å²) in [4.78, 5) is 35.5. The smallest absolute Gasteiger partial charge is 0.350 e. The molecule has 1 aromatic carbocycles. The van der Waals surface area contributed by atoms with E-state index in [-0.39, 0.29) is 11.1 Å². The summed E-state index contributed by atoms with van der Waals surface area (Å²) in [5.41, 5.74) is 1.24. The van der Waals surface area contributed by atoms with Gasteiger partial charge in [-0.15, -0.1) is 0 Å². The minimum Gasteiger partial charge on any atom is -0.465 e. The van der Waals surface area contributed by atoms with Crippen LogP contribution in [0.1, 0.15) is 29.8 Å². The summed E-state index contributed by atoms with van der Waals surface area (Å²) in [6.45, 7) is 4.75. The van der Waals surface area contributed by atoms with Crippen LogP contribution in [0.25, 0.3) is 0 Å². The zero-order chi connectivity index (χ0) is 17.2. The Morgan fingerprint density at radius 2 is 1.83 bits per heavy atom. The first-order chi connectivity index (χ1) is 10.7. The molecular formula is C16H17NO6. The highest BCUT2D eigenvalue weighted by atomic mass is 16.7. The molecule has 23 heavy (non-hydrogen) atoms. The molecule has 1 fully saturated rings. The number of benzene rings is 1. The van der Waals surface area contributed by atoms with E-state index in [4.69, 9.17) is 14.2 Å². The molecule has 0 unspecified atom stereocenters. The number of ether oxygens (including phenoxy) is 3. The number of esters is 3. The molecule has 1 heterocycles. The molecule has 7 heteroatoms. The Hall–Kier alpha value is -2.83. The molecule has 0 saturated carbocycles. The maximum Gasteiger partial charge on any atom is 0.350 e. The third kappa shape index (κ3) is 3.68. The number of hydrogen-bond donors (Lipinski definition) is 1. The van der Waals surface area contributed by atoms with Crippen LogP contribution in [0, 0.1) is 6.92 Å². The highest BCUT2D eigenvalue weighted by Crippen LogP contribution is 2.24. The number of nitrogens with one attached hydrogen (secondary N) is 1. The summed E-state index contributed by atoms with van der Waals surface area (Å²) in [7, 11) is 1.27. The standard InChI is InChI=1S/C16H17NO6/c1-9-5-6-12(10(7-9)13(18)21-4)17-8-11-14(19)22-16(2,3)23-15(11)20/h5-8,17H,1-4H3. The molecule has 0 amide bonds. The van der Waals surface area contributed by atoms with Gasteiger partial charge in [-0.1, -0.05) is 11.6 Å². The van der Waals surface area contributed by atoms with Gasteiger partial charge in [0.05, 0.1) is 18.4 Å². The summed E-state index contributed by atoms with van der Waals surface area (Å²) < 4.78 is 14.7. The van der Waals surface area contributed by atoms with Gasteiger partial charge in [-0.25, -0.2) is 14.4 Å². The monoisotopic (exact) mass is 319 g/mol. The quantitative estimate of drug-likeness (QED) is 0.517. The second-order valence-electron chi connectivity index (χ2n) is 5.42. The third-order valence-electron chi connectivity index (χ3n) is 3.07. The zero-order valence-corrected chi connectivity index (χ0v) is 13.3. The topological polar surface area (TPSA) is 90.9 Å². The SMILES string of the molecule is COC(=O)c1cc(C)ccc1NC=C1C(=O)OC(C)(C)OC1=O. The number of carbonyl (C=O) groups is 3. The Kier molecular flexibility index (Phi) is 4.40. The Labute approximate surface area is 133 Å². The summed E-state index contributed by atoms with van der Waals surface area (Å²) in [6, 6.07) is 5.04. The van der Waals surface area contributed by atoms with Crippen molar-refractivity contribution in [3.8, 4) is 0 Å². The molecule has 7 nitrogen and oxygen atoms in total. The van der Waals surface area contributed by atoms with Crippen molar-refractivity contribution in [2.24, 2.45) is 0 Å². The Morgan fingerprint density at radius 1 is 1.22 bits per heavy atom. The van der Waals surface area contributed by atoms with Gasteiger partial charge < -0.3 is 19.5 Å². The van der Waals surface area contributed by atoms with Crippen molar-refractivity contribution < 1.29 is 28.6 Å². The average Bonchev–Trinajstić information content (AvgIpc) is 2.45. The number of aryl methyl sites for hydroxylation is 1. The molecule has 0 aliphatic carbocycles. The van der Waals surface area contributed by atoms with Crippen LogP contribution >= 0.6 is 0 Å². The first-order valence-electron chi connectivity index (χ1n) is 6.86. The third-order valence-corrected chi connectivity index (χ3v) is 3.07. The molecule has 1 aliphatic rings. The van der Waals surface area contributed by atoms with Gasteiger partial charge in [0.2, 0.25) is 0 Å². The van der Waals surface area contributed by atoms with E-state index < -0.39 is 23.7 Å². The molecule has 1 aliphatic heterocycles. The molecule has 0 aromatic heterocycles. The highest BCUT2D eigenvalue weighted by Gasteiger charge is 2.39. The van der Waals surface area contributed by atoms with E-state index in [2.05, 4.69) is 5.32 Å². The van der Waals surface area contributed by atoms with Gasteiger partial charge in [0.15, 0.2) is 5.57 Å². The van der Waals surface area contributed by atoms with Gasteiger partial charge >= 0.3 is 17.9 Å². The first-order valence-corrected chi connectivity index (χ1v) is 6.86. The second-order valence-corrected chi connectivity index (χ2v) is 5.42. The van der Waals surface area contributed by atoms with Crippen LogP contribution in [0.2, 0.25) is 0 Å². The van der Waals surface area contributed by atoms with E-state index in [1.807, 2.05) is 6.92 Å². The van der Waals surface area contributed by atoms with Crippen molar-refractivity contribution in [2.75, 3.05) is 12.4 Å². The van der Waals surface area contributed by atoms with E-state index in [0.29, 0.717) is 5.69 Å². The van der Waals surface area contributed by atoms with Gasteiger partial charge in [-0.2, -0.15) is 0 Å². The summed E-state index contributed by atoms with van der Waals surface area (Å²) >= 11 is 0. The lowest BCUT2D eigenvalue weighted by atomic mass is 10.1. The van der Waals surface area contributed by atoms with Gasteiger partial charge in [0.25, 0.3) is 5.79 Å². The van der Waals surface area contributed by atoms with E-state index in [1.54, 1.807) is 18.2 Å². The fraction of sp³-hybridized carbons (Fsp3) is 0.312. The number of cyclic esters (lactones) is 2. The molecule has 1 N–H and O–H groups in total. The summed E-state index contributed by atoms with van der Waals surface area (Å²) in [6.07, 6.45) is 1.15. The van der Waals surface area contributed by atoms with Crippen molar-refractivity contribution in [2.45, 2.75) is 26.6 Å². The Bertz CT molecular complexity index is 683. The van der Waals surface area contributed by atoms with Crippen molar-refractivity contribution in [1.29, 1.82) is 0 Å². The lowest BCUT2D eigenvalue weighted by Gasteiger charge is -2.29. The fourth-order valence-corrected chi connectivity index (χ4v) is 1.99. The van der Waals surface area contributed by atoms with Gasteiger partial charge in [0.1, 0.15) is 0 Å². The highest BCUT2D eigenvalue weighted by molar-refractivity contribution is 6.15. The number of carbonyl (C=O) groups excluding carboxylic acids is 3. The lowest BCUT2D eigenvalue weighted by molar-refractivity contribution is -0.222. The molecule has 122 valence electrons. The molecule has 0 atom stereocenters. The number of hydrogen-bond acceptors (Lipinski definition) is 7. The summed E-state index contributed by atoms with van der Waals surface area (Å²) in [5.74, 6) is -3.44. The predicted molar refractivity (Wildman–Crippen MR) is 80.5 cm³/mol. The summed E-state index contributed by atoms with van der Waals surface area (Å²) in [5, 5.41) is 2.75. The first kappa shape index (κ1) is 16.5. The molecule has 2 rings (SSSR count). The van der Waals surface area contributed by atoms with Crippen LogP contribution < -0.4 is 5.32 Å². The largest absolute Gasteiger partial charge is 0.465 e. The molecule has 0 radical (unpaired) electrons. The van der Waals surface area contributed by atoms with E-state index in [9.17, 15) is 14.4 Å². The molecular weight excluding hydrogens is 302 g/mol. The van der Waals surface area contributed by atoms with Crippen LogP contribution in [0.5, 0.6) is 0 Å². The van der Waals surface area contributed by atoms with Crippen LogP contribution in [-0.4, -0.2) is 30.8 Å². The number of methoxy groups -OCH3 is 1. The zero-order valence-electron chi connectivity index (χ0n) is 13.3.